The van der Waals surface area contributed by atoms with Gasteiger partial charge >= 0.3 is 11.9 Å². The molecule has 0 aromatic rings. The van der Waals surface area contributed by atoms with Crippen molar-refractivity contribution in [2.75, 3.05) is 52.9 Å². The summed E-state index contributed by atoms with van der Waals surface area (Å²) in [5.74, 6) is -0.541. The summed E-state index contributed by atoms with van der Waals surface area (Å²) in [5, 5.41) is 0. The van der Waals surface area contributed by atoms with Gasteiger partial charge in [0.2, 0.25) is 0 Å². The highest BCUT2D eigenvalue weighted by molar-refractivity contribution is 5.70. The summed E-state index contributed by atoms with van der Waals surface area (Å²) in [5.41, 5.74) is 0. The number of hydrogen-bond donors (Lipinski definition) is 0. The Balaban J connectivity index is 3.56. The lowest BCUT2D eigenvalue weighted by atomic mass is 10.2. The number of unbranched alkanes of at least 4 members (excludes halogenated alkanes) is 3. The Labute approximate surface area is 207 Å². The van der Waals surface area contributed by atoms with Gasteiger partial charge < -0.3 is 28.4 Å². The summed E-state index contributed by atoms with van der Waals surface area (Å²) in [6, 6.07) is 0. The molecule has 8 heteroatoms. The van der Waals surface area contributed by atoms with Gasteiger partial charge in [-0.1, -0.05) is 26.7 Å². The Bertz CT molecular complexity index is 430. The van der Waals surface area contributed by atoms with E-state index in [0.717, 1.165) is 51.7 Å². The van der Waals surface area contributed by atoms with Crippen molar-refractivity contribution < 1.29 is 38.0 Å². The molecular weight excluding hydrogens is 440 g/mol. The minimum atomic E-state index is -0.290. The summed E-state index contributed by atoms with van der Waals surface area (Å²) in [6.07, 6.45) is 7.24. The molecular formula is C26H50O8. The average Bonchev–Trinajstić information content (AvgIpc) is 2.80. The summed E-state index contributed by atoms with van der Waals surface area (Å²) in [7, 11) is 0. The van der Waals surface area contributed by atoms with Crippen LogP contribution >= 0.6 is 0 Å². The Morgan fingerprint density at radius 2 is 0.882 bits per heavy atom. The molecule has 0 heterocycles. The molecule has 0 saturated carbocycles. The molecule has 0 rings (SSSR count). The number of hydrogen-bond acceptors (Lipinski definition) is 8. The average molecular weight is 491 g/mol. The number of carbonyl (C=O) groups is 2. The Morgan fingerprint density at radius 3 is 1.26 bits per heavy atom. The highest BCUT2D eigenvalue weighted by atomic mass is 16.6. The van der Waals surface area contributed by atoms with Crippen molar-refractivity contribution in [2.24, 2.45) is 0 Å². The van der Waals surface area contributed by atoms with Crippen molar-refractivity contribution in [1.29, 1.82) is 0 Å². The van der Waals surface area contributed by atoms with Crippen molar-refractivity contribution in [2.45, 2.75) is 104 Å². The maximum absolute atomic E-state index is 11.9. The van der Waals surface area contributed by atoms with E-state index in [9.17, 15) is 9.59 Å². The molecule has 0 aromatic carbocycles. The second kappa shape index (κ2) is 24.9. The van der Waals surface area contributed by atoms with E-state index in [2.05, 4.69) is 13.8 Å². The molecule has 34 heavy (non-hydrogen) atoms. The molecule has 0 aliphatic carbocycles. The van der Waals surface area contributed by atoms with Crippen LogP contribution in [0.3, 0.4) is 0 Å². The first kappa shape index (κ1) is 32.8. The van der Waals surface area contributed by atoms with Gasteiger partial charge in [0.25, 0.3) is 0 Å². The minimum Gasteiger partial charge on any atom is -0.460 e. The molecule has 0 aromatic heterocycles. The van der Waals surface area contributed by atoms with Gasteiger partial charge in [0.15, 0.2) is 0 Å². The van der Waals surface area contributed by atoms with E-state index in [-0.39, 0.29) is 37.0 Å². The quantitative estimate of drug-likeness (QED) is 0.132. The first-order valence-corrected chi connectivity index (χ1v) is 13.2. The molecule has 0 fully saturated rings. The Hall–Kier alpha value is -1.22. The highest BCUT2D eigenvalue weighted by Crippen LogP contribution is 2.06. The SMILES string of the molecule is CCCCOCCCOCC(C)OC(=O)CCCCC(=O)OC(C)COCCCOCCCC. The summed E-state index contributed by atoms with van der Waals surface area (Å²) < 4.78 is 32.7. The smallest absolute Gasteiger partial charge is 0.306 e. The normalized spacial score (nSPS) is 12.9. The lowest BCUT2D eigenvalue weighted by Gasteiger charge is -2.14. The zero-order valence-corrected chi connectivity index (χ0v) is 22.1. The van der Waals surface area contributed by atoms with E-state index in [1.807, 2.05) is 13.8 Å². The zero-order chi connectivity index (χ0) is 25.3. The third kappa shape index (κ3) is 23.9. The maximum Gasteiger partial charge on any atom is 0.306 e. The van der Waals surface area contributed by atoms with Gasteiger partial charge in [-0.25, -0.2) is 0 Å². The van der Waals surface area contributed by atoms with Crippen LogP contribution in [0.5, 0.6) is 0 Å². The first-order chi connectivity index (χ1) is 16.5. The van der Waals surface area contributed by atoms with Gasteiger partial charge in [0.05, 0.1) is 13.2 Å². The van der Waals surface area contributed by atoms with E-state index in [4.69, 9.17) is 28.4 Å². The first-order valence-electron chi connectivity index (χ1n) is 13.2. The molecule has 0 amide bonds. The summed E-state index contributed by atoms with van der Waals surface area (Å²) >= 11 is 0. The Kier molecular flexibility index (Phi) is 24.0. The highest BCUT2D eigenvalue weighted by Gasteiger charge is 2.12. The third-order valence-corrected chi connectivity index (χ3v) is 4.82. The van der Waals surface area contributed by atoms with E-state index in [0.29, 0.717) is 52.5 Å². The Morgan fingerprint density at radius 1 is 0.529 bits per heavy atom. The second-order valence-electron chi connectivity index (χ2n) is 8.60. The molecule has 0 spiro atoms. The predicted molar refractivity (Wildman–Crippen MR) is 132 cm³/mol. The third-order valence-electron chi connectivity index (χ3n) is 4.82. The number of ether oxygens (including phenoxy) is 6. The summed E-state index contributed by atoms with van der Waals surface area (Å²) in [4.78, 5) is 23.8. The van der Waals surface area contributed by atoms with Crippen molar-refractivity contribution >= 4 is 11.9 Å². The standard InChI is InChI=1S/C26H50O8/c1-5-7-15-29-17-11-19-31-21-23(3)33-25(27)13-9-10-14-26(28)34-24(4)22-32-20-12-18-30-16-8-6-2/h23-24H,5-22H2,1-4H3. The van der Waals surface area contributed by atoms with Crippen molar-refractivity contribution in [3.63, 3.8) is 0 Å². The molecule has 0 bridgehead atoms. The van der Waals surface area contributed by atoms with Crippen LogP contribution in [0.15, 0.2) is 0 Å². The van der Waals surface area contributed by atoms with Gasteiger partial charge in [0, 0.05) is 52.5 Å². The van der Waals surface area contributed by atoms with Gasteiger partial charge in [-0.3, -0.25) is 9.59 Å². The van der Waals surface area contributed by atoms with E-state index < -0.39 is 0 Å². The lowest BCUT2D eigenvalue weighted by molar-refractivity contribution is -0.153. The molecule has 0 saturated heterocycles. The van der Waals surface area contributed by atoms with Crippen molar-refractivity contribution in [3.05, 3.63) is 0 Å². The molecule has 0 aliphatic rings. The largest absolute Gasteiger partial charge is 0.460 e. The van der Waals surface area contributed by atoms with E-state index in [1.165, 1.54) is 0 Å². The predicted octanol–water partition coefficient (Wildman–Crippen LogP) is 4.86. The fraction of sp³-hybridized carbons (Fsp3) is 0.923. The van der Waals surface area contributed by atoms with Gasteiger partial charge in [-0.05, 0) is 52.4 Å². The van der Waals surface area contributed by atoms with Crippen molar-refractivity contribution in [1.82, 2.24) is 0 Å². The van der Waals surface area contributed by atoms with Gasteiger partial charge in [-0.15, -0.1) is 0 Å². The van der Waals surface area contributed by atoms with Crippen LogP contribution in [0.4, 0.5) is 0 Å². The van der Waals surface area contributed by atoms with Crippen LogP contribution in [0.25, 0.3) is 0 Å². The number of carbonyl (C=O) groups excluding carboxylic acids is 2. The molecule has 0 radical (unpaired) electrons. The fourth-order valence-electron chi connectivity index (χ4n) is 2.89. The maximum atomic E-state index is 11.9. The van der Waals surface area contributed by atoms with Gasteiger partial charge in [0.1, 0.15) is 12.2 Å². The number of rotatable bonds is 25. The zero-order valence-electron chi connectivity index (χ0n) is 22.1. The molecule has 0 aliphatic heterocycles. The van der Waals surface area contributed by atoms with Crippen LogP contribution in [-0.4, -0.2) is 77.0 Å². The number of esters is 2. The van der Waals surface area contributed by atoms with Crippen molar-refractivity contribution in [3.8, 4) is 0 Å². The lowest BCUT2D eigenvalue weighted by Crippen LogP contribution is -2.21. The molecule has 0 N–H and O–H groups in total. The second-order valence-corrected chi connectivity index (χ2v) is 8.60. The molecule has 8 nitrogen and oxygen atoms in total. The molecule has 2 unspecified atom stereocenters. The monoisotopic (exact) mass is 490 g/mol. The van der Waals surface area contributed by atoms with Crippen LogP contribution in [0.2, 0.25) is 0 Å². The van der Waals surface area contributed by atoms with E-state index in [1.54, 1.807) is 0 Å². The van der Waals surface area contributed by atoms with Crippen LogP contribution in [-0.2, 0) is 38.0 Å². The van der Waals surface area contributed by atoms with Crippen LogP contribution in [0, 0.1) is 0 Å². The fourth-order valence-corrected chi connectivity index (χ4v) is 2.89. The van der Waals surface area contributed by atoms with Crippen LogP contribution in [0.1, 0.15) is 91.9 Å². The molecule has 202 valence electrons. The summed E-state index contributed by atoms with van der Waals surface area (Å²) in [6.45, 7) is 12.8. The van der Waals surface area contributed by atoms with E-state index >= 15 is 0 Å². The molecule has 2 atom stereocenters. The minimum absolute atomic E-state index is 0.271. The van der Waals surface area contributed by atoms with Gasteiger partial charge in [-0.2, -0.15) is 0 Å². The van der Waals surface area contributed by atoms with Crippen LogP contribution < -0.4 is 0 Å². The topological polar surface area (TPSA) is 89.5 Å².